The van der Waals surface area contributed by atoms with Crippen LogP contribution in [0.1, 0.15) is 25.8 Å². The SMILES string of the molecule is CC[C@@H](C)Oc1ccccc1/C=C1\C(=O)NC(=O)N(c2ccncc2)C1=O. The number of hydrogen-bond acceptors (Lipinski definition) is 5. The number of benzene rings is 1. The number of urea groups is 1. The Kier molecular flexibility index (Phi) is 5.30. The van der Waals surface area contributed by atoms with Crippen LogP contribution in [-0.4, -0.2) is 28.9 Å². The molecule has 1 saturated heterocycles. The highest BCUT2D eigenvalue weighted by Crippen LogP contribution is 2.26. The zero-order valence-electron chi connectivity index (χ0n) is 15.0. The van der Waals surface area contributed by atoms with Crippen molar-refractivity contribution in [2.24, 2.45) is 0 Å². The smallest absolute Gasteiger partial charge is 0.335 e. The van der Waals surface area contributed by atoms with Gasteiger partial charge in [0.1, 0.15) is 11.3 Å². The van der Waals surface area contributed by atoms with Crippen molar-refractivity contribution in [2.45, 2.75) is 26.4 Å². The first kappa shape index (κ1) is 18.3. The predicted molar refractivity (Wildman–Crippen MR) is 100 cm³/mol. The van der Waals surface area contributed by atoms with E-state index in [9.17, 15) is 14.4 Å². The Morgan fingerprint density at radius 3 is 2.56 bits per heavy atom. The molecule has 4 amide bonds. The van der Waals surface area contributed by atoms with E-state index in [0.717, 1.165) is 11.3 Å². The Bertz CT molecular complexity index is 908. The molecule has 0 bridgehead atoms. The molecular weight excluding hydrogens is 346 g/mol. The van der Waals surface area contributed by atoms with Crippen LogP contribution in [0.5, 0.6) is 5.75 Å². The molecule has 0 unspecified atom stereocenters. The molecule has 2 heterocycles. The molecule has 2 aromatic rings. The maximum absolute atomic E-state index is 12.9. The largest absolute Gasteiger partial charge is 0.490 e. The van der Waals surface area contributed by atoms with Crippen LogP contribution in [0.25, 0.3) is 6.08 Å². The molecule has 0 radical (unpaired) electrons. The molecule has 1 aromatic carbocycles. The van der Waals surface area contributed by atoms with E-state index in [1.807, 2.05) is 19.9 Å². The molecule has 1 fully saturated rings. The highest BCUT2D eigenvalue weighted by Gasteiger charge is 2.36. The number of carbonyl (C=O) groups excluding carboxylic acids is 3. The van der Waals surface area contributed by atoms with Gasteiger partial charge in [0.15, 0.2) is 0 Å². The number of carbonyl (C=O) groups is 3. The van der Waals surface area contributed by atoms with Gasteiger partial charge in [0.25, 0.3) is 11.8 Å². The molecule has 1 aromatic heterocycles. The molecule has 7 nitrogen and oxygen atoms in total. The number of aromatic nitrogens is 1. The van der Waals surface area contributed by atoms with Gasteiger partial charge in [-0.15, -0.1) is 0 Å². The van der Waals surface area contributed by atoms with E-state index in [1.54, 1.807) is 18.2 Å². The molecule has 1 aliphatic rings. The number of anilines is 1. The summed E-state index contributed by atoms with van der Waals surface area (Å²) in [4.78, 5) is 42.1. The van der Waals surface area contributed by atoms with E-state index < -0.39 is 17.8 Å². The van der Waals surface area contributed by atoms with Crippen molar-refractivity contribution in [1.29, 1.82) is 0 Å². The number of ether oxygens (including phenoxy) is 1. The van der Waals surface area contributed by atoms with Crippen LogP contribution < -0.4 is 15.0 Å². The minimum atomic E-state index is -0.794. The third kappa shape index (κ3) is 3.87. The lowest BCUT2D eigenvalue weighted by Gasteiger charge is -2.26. The van der Waals surface area contributed by atoms with E-state index >= 15 is 0 Å². The zero-order chi connectivity index (χ0) is 19.4. The number of amides is 4. The first-order chi connectivity index (χ1) is 13.0. The maximum atomic E-state index is 12.9. The predicted octanol–water partition coefficient (Wildman–Crippen LogP) is 2.93. The van der Waals surface area contributed by atoms with Gasteiger partial charge in [0, 0.05) is 18.0 Å². The Labute approximate surface area is 156 Å². The summed E-state index contributed by atoms with van der Waals surface area (Å²) in [6.07, 6.45) is 5.16. The third-order valence-electron chi connectivity index (χ3n) is 4.14. The molecule has 0 aliphatic carbocycles. The minimum absolute atomic E-state index is 0.0182. The van der Waals surface area contributed by atoms with E-state index in [0.29, 0.717) is 17.0 Å². The lowest BCUT2D eigenvalue weighted by Crippen LogP contribution is -2.54. The minimum Gasteiger partial charge on any atom is -0.490 e. The molecule has 138 valence electrons. The Balaban J connectivity index is 1.99. The number of nitrogens with zero attached hydrogens (tertiary/aromatic N) is 2. The van der Waals surface area contributed by atoms with Gasteiger partial charge in [-0.1, -0.05) is 25.1 Å². The van der Waals surface area contributed by atoms with Crippen molar-refractivity contribution in [3.63, 3.8) is 0 Å². The summed E-state index contributed by atoms with van der Waals surface area (Å²) in [6, 6.07) is 9.36. The average Bonchev–Trinajstić information content (AvgIpc) is 2.67. The van der Waals surface area contributed by atoms with Gasteiger partial charge in [-0.3, -0.25) is 19.9 Å². The summed E-state index contributed by atoms with van der Waals surface area (Å²) in [5.41, 5.74) is 0.766. The summed E-state index contributed by atoms with van der Waals surface area (Å²) in [5.74, 6) is -0.880. The fraction of sp³-hybridized carbons (Fsp3) is 0.200. The summed E-state index contributed by atoms with van der Waals surface area (Å²) in [7, 11) is 0. The average molecular weight is 365 g/mol. The van der Waals surface area contributed by atoms with Crippen LogP contribution in [0.2, 0.25) is 0 Å². The van der Waals surface area contributed by atoms with Gasteiger partial charge in [0.05, 0.1) is 11.8 Å². The van der Waals surface area contributed by atoms with Gasteiger partial charge in [-0.25, -0.2) is 9.69 Å². The molecule has 0 saturated carbocycles. The second kappa shape index (κ2) is 7.82. The van der Waals surface area contributed by atoms with Crippen molar-refractivity contribution in [3.05, 3.63) is 59.9 Å². The fourth-order valence-corrected chi connectivity index (χ4v) is 2.55. The van der Waals surface area contributed by atoms with Crippen LogP contribution in [-0.2, 0) is 9.59 Å². The van der Waals surface area contributed by atoms with Gasteiger partial charge in [-0.2, -0.15) is 0 Å². The van der Waals surface area contributed by atoms with E-state index in [1.165, 1.54) is 30.6 Å². The lowest BCUT2D eigenvalue weighted by atomic mass is 10.1. The number of pyridine rings is 1. The number of imide groups is 2. The topological polar surface area (TPSA) is 88.6 Å². The molecular formula is C20H19N3O4. The van der Waals surface area contributed by atoms with Crippen LogP contribution in [0.3, 0.4) is 0 Å². The number of para-hydroxylation sites is 1. The number of nitrogens with one attached hydrogen (secondary N) is 1. The van der Waals surface area contributed by atoms with Crippen molar-refractivity contribution < 1.29 is 19.1 Å². The number of hydrogen-bond donors (Lipinski definition) is 1. The quantitative estimate of drug-likeness (QED) is 0.650. The van der Waals surface area contributed by atoms with Crippen LogP contribution >= 0.6 is 0 Å². The maximum Gasteiger partial charge on any atom is 0.335 e. The van der Waals surface area contributed by atoms with Gasteiger partial charge < -0.3 is 4.74 Å². The summed E-state index contributed by atoms with van der Waals surface area (Å²) in [5, 5.41) is 2.20. The highest BCUT2D eigenvalue weighted by atomic mass is 16.5. The molecule has 7 heteroatoms. The standard InChI is InChI=1S/C20H19N3O4/c1-3-13(2)27-17-7-5-4-6-14(17)12-16-18(24)22-20(26)23(19(16)25)15-8-10-21-11-9-15/h4-13H,3H2,1-2H3,(H,22,24,26)/b16-12+/t13-/m1/s1. The van der Waals surface area contributed by atoms with Crippen molar-refractivity contribution >= 4 is 29.6 Å². The molecule has 1 N–H and O–H groups in total. The van der Waals surface area contributed by atoms with Crippen LogP contribution in [0.4, 0.5) is 10.5 Å². The monoisotopic (exact) mass is 365 g/mol. The first-order valence-electron chi connectivity index (χ1n) is 8.58. The fourth-order valence-electron chi connectivity index (χ4n) is 2.55. The third-order valence-corrected chi connectivity index (χ3v) is 4.14. The molecule has 3 rings (SSSR count). The highest BCUT2D eigenvalue weighted by molar-refractivity contribution is 6.39. The van der Waals surface area contributed by atoms with Crippen LogP contribution in [0.15, 0.2) is 54.4 Å². The van der Waals surface area contributed by atoms with Gasteiger partial charge >= 0.3 is 6.03 Å². The number of rotatable bonds is 5. The molecule has 1 atom stereocenters. The van der Waals surface area contributed by atoms with Gasteiger partial charge in [-0.05, 0) is 37.6 Å². The summed E-state index contributed by atoms with van der Waals surface area (Å²) in [6.45, 7) is 3.94. The van der Waals surface area contributed by atoms with E-state index in [4.69, 9.17) is 4.74 Å². The molecule has 27 heavy (non-hydrogen) atoms. The van der Waals surface area contributed by atoms with Crippen LogP contribution in [0, 0.1) is 0 Å². The Morgan fingerprint density at radius 2 is 1.85 bits per heavy atom. The van der Waals surface area contributed by atoms with Crippen molar-refractivity contribution in [1.82, 2.24) is 10.3 Å². The normalized spacial score (nSPS) is 17.0. The number of barbiturate groups is 1. The second-order valence-corrected chi connectivity index (χ2v) is 6.04. The zero-order valence-corrected chi connectivity index (χ0v) is 15.0. The molecule has 0 spiro atoms. The lowest BCUT2D eigenvalue weighted by molar-refractivity contribution is -0.122. The van der Waals surface area contributed by atoms with E-state index in [2.05, 4.69) is 10.3 Å². The Morgan fingerprint density at radius 1 is 1.15 bits per heavy atom. The van der Waals surface area contributed by atoms with Crippen molar-refractivity contribution in [2.75, 3.05) is 4.90 Å². The summed E-state index contributed by atoms with van der Waals surface area (Å²) < 4.78 is 5.86. The summed E-state index contributed by atoms with van der Waals surface area (Å²) >= 11 is 0. The first-order valence-corrected chi connectivity index (χ1v) is 8.58. The second-order valence-electron chi connectivity index (χ2n) is 6.04. The van der Waals surface area contributed by atoms with Gasteiger partial charge in [0.2, 0.25) is 0 Å². The molecule has 1 aliphatic heterocycles. The Hall–Kier alpha value is -3.48. The van der Waals surface area contributed by atoms with Crippen molar-refractivity contribution in [3.8, 4) is 5.75 Å². The van der Waals surface area contributed by atoms with E-state index in [-0.39, 0.29) is 11.7 Å².